The molecule has 1 aromatic heterocycles. The molecular weight excluding hydrogens is 246 g/mol. The quantitative estimate of drug-likeness (QED) is 0.889. The summed E-state index contributed by atoms with van der Waals surface area (Å²) in [6.45, 7) is 3.35. The van der Waals surface area contributed by atoms with E-state index in [9.17, 15) is 9.90 Å². The lowest BCUT2D eigenvalue weighted by molar-refractivity contribution is -0.142. The van der Waals surface area contributed by atoms with Crippen LogP contribution in [-0.2, 0) is 10.2 Å². The number of rotatable bonds is 4. The molecule has 1 aromatic carbocycles. The SMILES string of the molecule is COc1cc2[nH]cc(C(C)(C)C(=O)O)c2cc1OC. The summed E-state index contributed by atoms with van der Waals surface area (Å²) in [4.78, 5) is 14.4. The fraction of sp³-hybridized carbons (Fsp3) is 0.357. The summed E-state index contributed by atoms with van der Waals surface area (Å²) in [5.74, 6) is 0.316. The molecule has 0 bridgehead atoms. The van der Waals surface area contributed by atoms with Crippen molar-refractivity contribution in [3.05, 3.63) is 23.9 Å². The van der Waals surface area contributed by atoms with E-state index in [0.717, 1.165) is 16.5 Å². The molecule has 0 aliphatic heterocycles. The maximum Gasteiger partial charge on any atom is 0.313 e. The third-order valence-corrected chi connectivity index (χ3v) is 3.39. The van der Waals surface area contributed by atoms with Crippen LogP contribution in [0.4, 0.5) is 0 Å². The van der Waals surface area contributed by atoms with Crippen molar-refractivity contribution in [3.8, 4) is 11.5 Å². The molecule has 0 spiro atoms. The Labute approximate surface area is 111 Å². The molecule has 5 heteroatoms. The van der Waals surface area contributed by atoms with E-state index in [1.807, 2.05) is 0 Å². The number of hydrogen-bond donors (Lipinski definition) is 2. The van der Waals surface area contributed by atoms with Gasteiger partial charge in [-0.15, -0.1) is 0 Å². The molecular formula is C14H17NO4. The molecule has 0 aliphatic carbocycles. The lowest BCUT2D eigenvalue weighted by atomic mass is 9.84. The van der Waals surface area contributed by atoms with Gasteiger partial charge in [0.1, 0.15) is 0 Å². The van der Waals surface area contributed by atoms with Crippen molar-refractivity contribution in [3.63, 3.8) is 0 Å². The van der Waals surface area contributed by atoms with Gasteiger partial charge in [0.2, 0.25) is 0 Å². The second-order valence-electron chi connectivity index (χ2n) is 4.89. The van der Waals surface area contributed by atoms with E-state index in [0.29, 0.717) is 11.5 Å². The summed E-state index contributed by atoms with van der Waals surface area (Å²) in [6, 6.07) is 3.60. The highest BCUT2D eigenvalue weighted by molar-refractivity contribution is 5.93. The van der Waals surface area contributed by atoms with Crippen molar-refractivity contribution < 1.29 is 19.4 Å². The summed E-state index contributed by atoms with van der Waals surface area (Å²) < 4.78 is 10.5. The van der Waals surface area contributed by atoms with Crippen LogP contribution in [-0.4, -0.2) is 30.3 Å². The van der Waals surface area contributed by atoms with Gasteiger partial charge in [-0.05, 0) is 25.5 Å². The zero-order chi connectivity index (χ0) is 14.2. The van der Waals surface area contributed by atoms with Crippen LogP contribution < -0.4 is 9.47 Å². The van der Waals surface area contributed by atoms with Crippen molar-refractivity contribution in [1.29, 1.82) is 0 Å². The molecule has 0 saturated carbocycles. The van der Waals surface area contributed by atoms with Gasteiger partial charge in [0, 0.05) is 23.2 Å². The molecule has 0 amide bonds. The van der Waals surface area contributed by atoms with Gasteiger partial charge in [-0.1, -0.05) is 0 Å². The average Bonchev–Trinajstić information content (AvgIpc) is 2.79. The number of carboxylic acids is 1. The molecule has 0 fully saturated rings. The minimum atomic E-state index is -0.974. The van der Waals surface area contributed by atoms with Crippen LogP contribution in [0.5, 0.6) is 11.5 Å². The zero-order valence-corrected chi connectivity index (χ0v) is 11.4. The van der Waals surface area contributed by atoms with E-state index >= 15 is 0 Å². The maximum absolute atomic E-state index is 11.4. The molecule has 1 heterocycles. The number of nitrogens with one attached hydrogen (secondary N) is 1. The zero-order valence-electron chi connectivity index (χ0n) is 11.4. The smallest absolute Gasteiger partial charge is 0.313 e. The van der Waals surface area contributed by atoms with Crippen LogP contribution in [0.2, 0.25) is 0 Å². The van der Waals surface area contributed by atoms with Gasteiger partial charge >= 0.3 is 5.97 Å². The first-order chi connectivity index (χ1) is 8.91. The number of aromatic nitrogens is 1. The predicted octanol–water partition coefficient (Wildman–Crippen LogP) is 2.55. The Hall–Kier alpha value is -2.17. The Morgan fingerprint density at radius 2 is 1.79 bits per heavy atom. The monoisotopic (exact) mass is 263 g/mol. The van der Waals surface area contributed by atoms with E-state index in [1.54, 1.807) is 46.4 Å². The standard InChI is InChI=1S/C14H17NO4/c1-14(2,13(16)17)9-7-15-10-6-12(19-4)11(18-3)5-8(9)10/h5-7,15H,1-4H3,(H,16,17). The minimum absolute atomic E-state index is 0.581. The summed E-state index contributed by atoms with van der Waals surface area (Å²) >= 11 is 0. The topological polar surface area (TPSA) is 71.6 Å². The van der Waals surface area contributed by atoms with Crippen LogP contribution in [0.3, 0.4) is 0 Å². The number of carbonyl (C=O) groups is 1. The minimum Gasteiger partial charge on any atom is -0.493 e. The number of H-pyrrole nitrogens is 1. The number of ether oxygens (including phenoxy) is 2. The van der Waals surface area contributed by atoms with Gasteiger partial charge in [0.25, 0.3) is 0 Å². The number of aromatic amines is 1. The van der Waals surface area contributed by atoms with E-state index < -0.39 is 11.4 Å². The van der Waals surface area contributed by atoms with Crippen LogP contribution in [0.1, 0.15) is 19.4 Å². The van der Waals surface area contributed by atoms with Crippen LogP contribution in [0.15, 0.2) is 18.3 Å². The van der Waals surface area contributed by atoms with Gasteiger partial charge in [-0.25, -0.2) is 0 Å². The van der Waals surface area contributed by atoms with Crippen molar-refractivity contribution in [2.75, 3.05) is 14.2 Å². The molecule has 0 unspecified atom stereocenters. The van der Waals surface area contributed by atoms with E-state index in [-0.39, 0.29) is 0 Å². The molecule has 0 saturated heterocycles. The molecule has 102 valence electrons. The van der Waals surface area contributed by atoms with Gasteiger partial charge in [0.05, 0.1) is 19.6 Å². The molecule has 0 radical (unpaired) electrons. The van der Waals surface area contributed by atoms with Crippen LogP contribution >= 0.6 is 0 Å². The Morgan fingerprint density at radius 3 is 2.32 bits per heavy atom. The summed E-state index contributed by atoms with van der Waals surface area (Å²) in [7, 11) is 3.12. The highest BCUT2D eigenvalue weighted by Gasteiger charge is 2.32. The van der Waals surface area contributed by atoms with Crippen molar-refractivity contribution >= 4 is 16.9 Å². The summed E-state index contributed by atoms with van der Waals surface area (Å²) in [5.41, 5.74) is 0.565. The Kier molecular flexibility index (Phi) is 3.14. The maximum atomic E-state index is 11.4. The largest absolute Gasteiger partial charge is 0.493 e. The molecule has 0 aliphatic rings. The molecule has 5 nitrogen and oxygen atoms in total. The fourth-order valence-corrected chi connectivity index (χ4v) is 2.08. The number of aliphatic carboxylic acids is 1. The van der Waals surface area contributed by atoms with E-state index in [1.165, 1.54) is 0 Å². The van der Waals surface area contributed by atoms with Gasteiger partial charge in [-0.3, -0.25) is 4.79 Å². The number of hydrogen-bond acceptors (Lipinski definition) is 3. The highest BCUT2D eigenvalue weighted by atomic mass is 16.5. The normalized spacial score (nSPS) is 11.6. The third kappa shape index (κ3) is 2.01. The van der Waals surface area contributed by atoms with Crippen LogP contribution in [0, 0.1) is 0 Å². The van der Waals surface area contributed by atoms with E-state index in [4.69, 9.17) is 9.47 Å². The van der Waals surface area contributed by atoms with Gasteiger partial charge in [-0.2, -0.15) is 0 Å². The molecule has 19 heavy (non-hydrogen) atoms. The fourth-order valence-electron chi connectivity index (χ4n) is 2.08. The lowest BCUT2D eigenvalue weighted by Gasteiger charge is -2.18. The summed E-state index contributed by atoms with van der Waals surface area (Å²) in [5, 5.41) is 10.2. The molecule has 2 N–H and O–H groups in total. The molecule has 2 aromatic rings. The predicted molar refractivity (Wildman–Crippen MR) is 72.1 cm³/mol. The van der Waals surface area contributed by atoms with Gasteiger partial charge in [0.15, 0.2) is 11.5 Å². The molecule has 2 rings (SSSR count). The Balaban J connectivity index is 2.70. The average molecular weight is 263 g/mol. The van der Waals surface area contributed by atoms with Crippen LogP contribution in [0.25, 0.3) is 10.9 Å². The Morgan fingerprint density at radius 1 is 1.21 bits per heavy atom. The third-order valence-electron chi connectivity index (χ3n) is 3.39. The number of methoxy groups -OCH3 is 2. The van der Waals surface area contributed by atoms with Gasteiger partial charge < -0.3 is 19.6 Å². The first-order valence-corrected chi connectivity index (χ1v) is 5.88. The van der Waals surface area contributed by atoms with E-state index in [2.05, 4.69) is 4.98 Å². The number of carboxylic acid groups (broad SMARTS) is 1. The number of benzene rings is 1. The highest BCUT2D eigenvalue weighted by Crippen LogP contribution is 2.37. The van der Waals surface area contributed by atoms with Crippen molar-refractivity contribution in [2.45, 2.75) is 19.3 Å². The first kappa shape index (κ1) is 13.3. The second kappa shape index (κ2) is 4.50. The van der Waals surface area contributed by atoms with Crippen molar-refractivity contribution in [1.82, 2.24) is 4.98 Å². The molecule has 0 atom stereocenters. The summed E-state index contributed by atoms with van der Waals surface area (Å²) in [6.07, 6.45) is 1.72. The lowest BCUT2D eigenvalue weighted by Crippen LogP contribution is -2.28. The van der Waals surface area contributed by atoms with Crippen molar-refractivity contribution in [2.24, 2.45) is 0 Å². The second-order valence-corrected chi connectivity index (χ2v) is 4.89. The number of fused-ring (bicyclic) bond motifs is 1. The first-order valence-electron chi connectivity index (χ1n) is 5.88. The Bertz CT molecular complexity index is 628.